The number of nitrogen functional groups attached to an aromatic ring is 1. The van der Waals surface area contributed by atoms with E-state index < -0.39 is 0 Å². The van der Waals surface area contributed by atoms with Crippen LogP contribution in [0.1, 0.15) is 0 Å². The van der Waals surface area contributed by atoms with Gasteiger partial charge in [0.25, 0.3) is 5.91 Å². The molecule has 2 N–H and O–H groups in total. The highest BCUT2D eigenvalue weighted by atomic mass is 16.5. The predicted molar refractivity (Wildman–Crippen MR) is 73.3 cm³/mol. The molecule has 0 unspecified atom stereocenters. The molecule has 0 bridgehead atoms. The maximum absolute atomic E-state index is 11.9. The molecule has 0 atom stereocenters. The first-order valence-corrected chi connectivity index (χ1v) is 5.66. The summed E-state index contributed by atoms with van der Waals surface area (Å²) >= 11 is 0. The second-order valence-electron chi connectivity index (χ2n) is 3.70. The summed E-state index contributed by atoms with van der Waals surface area (Å²) in [4.78, 5) is 13.5. The fraction of sp³-hybridized carbons (Fsp3) is 0.214. The second kappa shape index (κ2) is 7.17. The number of para-hydroxylation sites is 2. The lowest BCUT2D eigenvalue weighted by Crippen LogP contribution is -2.35. The summed E-state index contributed by atoms with van der Waals surface area (Å²) in [6.45, 7) is 8.11. The van der Waals surface area contributed by atoms with E-state index in [2.05, 4.69) is 13.2 Å². The number of amides is 1. The first-order chi connectivity index (χ1) is 8.69. The van der Waals surface area contributed by atoms with Crippen LogP contribution in [0.15, 0.2) is 49.6 Å². The summed E-state index contributed by atoms with van der Waals surface area (Å²) in [5.74, 6) is 0.390. The molecule has 1 rings (SSSR count). The molecule has 0 aliphatic carbocycles. The summed E-state index contributed by atoms with van der Waals surface area (Å²) in [5, 5.41) is 0. The van der Waals surface area contributed by atoms with Gasteiger partial charge in [0, 0.05) is 13.1 Å². The smallest absolute Gasteiger partial charge is 0.261 e. The van der Waals surface area contributed by atoms with Crippen LogP contribution < -0.4 is 10.5 Å². The van der Waals surface area contributed by atoms with Crippen molar-refractivity contribution in [3.05, 3.63) is 49.6 Å². The molecule has 1 aromatic rings. The SMILES string of the molecule is C=CCN(CC=C)C(=O)COc1ccccc1N. The third-order valence-corrected chi connectivity index (χ3v) is 2.32. The standard InChI is InChI=1S/C14H18N2O2/c1-3-9-16(10-4-2)14(17)11-18-13-8-6-5-7-12(13)15/h3-8H,1-2,9-11,15H2. The van der Waals surface area contributed by atoms with Gasteiger partial charge in [-0.05, 0) is 12.1 Å². The van der Waals surface area contributed by atoms with E-state index in [1.165, 1.54) is 0 Å². The average Bonchev–Trinajstić information content (AvgIpc) is 2.37. The van der Waals surface area contributed by atoms with Gasteiger partial charge in [0.2, 0.25) is 0 Å². The van der Waals surface area contributed by atoms with E-state index in [0.717, 1.165) is 0 Å². The highest BCUT2D eigenvalue weighted by Gasteiger charge is 2.11. The highest BCUT2D eigenvalue weighted by Crippen LogP contribution is 2.19. The van der Waals surface area contributed by atoms with Crippen LogP contribution in [0, 0.1) is 0 Å². The summed E-state index contributed by atoms with van der Waals surface area (Å²) in [6, 6.07) is 7.08. The predicted octanol–water partition coefficient (Wildman–Crippen LogP) is 1.85. The lowest BCUT2D eigenvalue weighted by Gasteiger charge is -2.19. The quantitative estimate of drug-likeness (QED) is 0.590. The van der Waals surface area contributed by atoms with Gasteiger partial charge in [-0.15, -0.1) is 13.2 Å². The van der Waals surface area contributed by atoms with E-state index in [1.54, 1.807) is 35.3 Å². The van der Waals surface area contributed by atoms with Gasteiger partial charge in [-0.2, -0.15) is 0 Å². The maximum atomic E-state index is 11.9. The fourth-order valence-electron chi connectivity index (χ4n) is 1.43. The Bertz CT molecular complexity index is 420. The number of benzene rings is 1. The Morgan fingerprint density at radius 3 is 2.44 bits per heavy atom. The zero-order chi connectivity index (χ0) is 13.4. The first-order valence-electron chi connectivity index (χ1n) is 5.66. The van der Waals surface area contributed by atoms with E-state index >= 15 is 0 Å². The van der Waals surface area contributed by atoms with E-state index in [1.807, 2.05) is 6.07 Å². The normalized spacial score (nSPS) is 9.56. The molecule has 0 saturated heterocycles. The van der Waals surface area contributed by atoms with Crippen LogP contribution >= 0.6 is 0 Å². The van der Waals surface area contributed by atoms with E-state index in [0.29, 0.717) is 24.5 Å². The number of hydrogen-bond acceptors (Lipinski definition) is 3. The molecule has 96 valence electrons. The van der Waals surface area contributed by atoms with Crippen molar-refractivity contribution in [1.29, 1.82) is 0 Å². The van der Waals surface area contributed by atoms with Crippen LogP contribution in [0.3, 0.4) is 0 Å². The Hall–Kier alpha value is -2.23. The Labute approximate surface area is 107 Å². The molecule has 0 heterocycles. The summed E-state index contributed by atoms with van der Waals surface area (Å²) in [6.07, 6.45) is 3.33. The van der Waals surface area contributed by atoms with Gasteiger partial charge < -0.3 is 15.4 Å². The molecule has 0 aromatic heterocycles. The Morgan fingerprint density at radius 2 is 1.89 bits per heavy atom. The third kappa shape index (κ3) is 3.97. The van der Waals surface area contributed by atoms with Gasteiger partial charge in [0.05, 0.1) is 5.69 Å². The minimum atomic E-state index is -0.127. The monoisotopic (exact) mass is 246 g/mol. The topological polar surface area (TPSA) is 55.6 Å². The molecule has 0 saturated carbocycles. The molecule has 4 nitrogen and oxygen atoms in total. The summed E-state index contributed by atoms with van der Waals surface area (Å²) < 4.78 is 5.39. The van der Waals surface area contributed by atoms with Gasteiger partial charge in [0.15, 0.2) is 6.61 Å². The van der Waals surface area contributed by atoms with Crippen LogP contribution in [-0.2, 0) is 4.79 Å². The summed E-state index contributed by atoms with van der Waals surface area (Å²) in [5.41, 5.74) is 6.24. The van der Waals surface area contributed by atoms with Gasteiger partial charge >= 0.3 is 0 Å². The Morgan fingerprint density at radius 1 is 1.28 bits per heavy atom. The molecule has 0 spiro atoms. The van der Waals surface area contributed by atoms with Crippen molar-refractivity contribution in [2.24, 2.45) is 0 Å². The molecule has 0 fully saturated rings. The highest BCUT2D eigenvalue weighted by molar-refractivity contribution is 5.78. The fourth-order valence-corrected chi connectivity index (χ4v) is 1.43. The molecular weight excluding hydrogens is 228 g/mol. The zero-order valence-corrected chi connectivity index (χ0v) is 10.3. The van der Waals surface area contributed by atoms with E-state index in [9.17, 15) is 4.79 Å². The van der Waals surface area contributed by atoms with Crippen molar-refractivity contribution in [3.8, 4) is 5.75 Å². The largest absolute Gasteiger partial charge is 0.482 e. The van der Waals surface area contributed by atoms with Gasteiger partial charge in [-0.3, -0.25) is 4.79 Å². The van der Waals surface area contributed by atoms with Crippen LogP contribution in [0.5, 0.6) is 5.75 Å². The molecule has 4 heteroatoms. The van der Waals surface area contributed by atoms with Crippen molar-refractivity contribution >= 4 is 11.6 Å². The van der Waals surface area contributed by atoms with E-state index in [-0.39, 0.29) is 12.5 Å². The second-order valence-corrected chi connectivity index (χ2v) is 3.70. The number of carbonyl (C=O) groups excluding carboxylic acids is 1. The molecular formula is C14H18N2O2. The van der Waals surface area contributed by atoms with Gasteiger partial charge in [-0.25, -0.2) is 0 Å². The van der Waals surface area contributed by atoms with Crippen LogP contribution in [-0.4, -0.2) is 30.5 Å². The number of hydrogen-bond donors (Lipinski definition) is 1. The van der Waals surface area contributed by atoms with E-state index in [4.69, 9.17) is 10.5 Å². The summed E-state index contributed by atoms with van der Waals surface area (Å²) in [7, 11) is 0. The number of anilines is 1. The minimum Gasteiger partial charge on any atom is -0.482 e. The van der Waals surface area contributed by atoms with Crippen LogP contribution in [0.25, 0.3) is 0 Å². The minimum absolute atomic E-state index is 0.0457. The zero-order valence-electron chi connectivity index (χ0n) is 10.3. The number of ether oxygens (including phenoxy) is 1. The lowest BCUT2D eigenvalue weighted by atomic mass is 10.3. The molecule has 18 heavy (non-hydrogen) atoms. The molecule has 1 amide bonds. The third-order valence-electron chi connectivity index (χ3n) is 2.32. The number of nitrogens with zero attached hydrogens (tertiary/aromatic N) is 1. The van der Waals surface area contributed by atoms with Crippen molar-refractivity contribution in [2.45, 2.75) is 0 Å². The van der Waals surface area contributed by atoms with Crippen molar-refractivity contribution in [1.82, 2.24) is 4.90 Å². The number of rotatable bonds is 7. The van der Waals surface area contributed by atoms with Crippen LogP contribution in [0.2, 0.25) is 0 Å². The van der Waals surface area contributed by atoms with Gasteiger partial charge in [-0.1, -0.05) is 24.3 Å². The van der Waals surface area contributed by atoms with Crippen molar-refractivity contribution in [3.63, 3.8) is 0 Å². The maximum Gasteiger partial charge on any atom is 0.261 e. The van der Waals surface area contributed by atoms with Crippen molar-refractivity contribution in [2.75, 3.05) is 25.4 Å². The molecule has 0 aliphatic rings. The lowest BCUT2D eigenvalue weighted by molar-refractivity contribution is -0.132. The van der Waals surface area contributed by atoms with Crippen molar-refractivity contribution < 1.29 is 9.53 Å². The average molecular weight is 246 g/mol. The molecule has 1 aromatic carbocycles. The Balaban J connectivity index is 2.56. The molecule has 0 aliphatic heterocycles. The van der Waals surface area contributed by atoms with Crippen LogP contribution in [0.4, 0.5) is 5.69 Å². The number of carbonyl (C=O) groups is 1. The van der Waals surface area contributed by atoms with Gasteiger partial charge in [0.1, 0.15) is 5.75 Å². The number of nitrogens with two attached hydrogens (primary N) is 1. The molecule has 0 radical (unpaired) electrons. The Kier molecular flexibility index (Phi) is 5.51. The first kappa shape index (κ1) is 13.8.